The third kappa shape index (κ3) is 1.89. The Morgan fingerprint density at radius 1 is 1.50 bits per heavy atom. The first-order chi connectivity index (χ1) is 6.81. The molecule has 2 rings (SSSR count). The zero-order valence-electron chi connectivity index (χ0n) is 7.46. The lowest BCUT2D eigenvalue weighted by Gasteiger charge is -1.97. The smallest absolute Gasteiger partial charge is 0.101 e. The predicted molar refractivity (Wildman–Crippen MR) is 62.4 cm³/mol. The van der Waals surface area contributed by atoms with Crippen LogP contribution >= 0.6 is 27.3 Å². The van der Waals surface area contributed by atoms with Gasteiger partial charge >= 0.3 is 0 Å². The molecule has 0 saturated heterocycles. The molecule has 3 N–H and O–H groups in total. The second kappa shape index (κ2) is 4.25. The fourth-order valence-corrected chi connectivity index (χ4v) is 2.72. The number of rotatable bonds is 3. The summed E-state index contributed by atoms with van der Waals surface area (Å²) in [5.41, 5.74) is 7.65. The molecule has 0 bridgehead atoms. The summed E-state index contributed by atoms with van der Waals surface area (Å²) in [6, 6.07) is 4.09. The van der Waals surface area contributed by atoms with Gasteiger partial charge in [0.15, 0.2) is 0 Å². The molecule has 0 atom stereocenters. The Morgan fingerprint density at radius 3 is 3.00 bits per heavy atom. The number of aromatic nitrogens is 2. The van der Waals surface area contributed by atoms with Crippen molar-refractivity contribution in [1.29, 1.82) is 0 Å². The van der Waals surface area contributed by atoms with E-state index in [-0.39, 0.29) is 0 Å². The standard InChI is InChI=1S/C9H10BrN3S/c10-8-2-1-7(14-8)9-6(3-4-11)12-5-13-9/h1-2,5H,3-4,11H2,(H,12,13). The highest BCUT2D eigenvalue weighted by Gasteiger charge is 2.09. The lowest BCUT2D eigenvalue weighted by atomic mass is 10.2. The first-order valence-electron chi connectivity index (χ1n) is 4.29. The van der Waals surface area contributed by atoms with E-state index in [1.165, 1.54) is 4.88 Å². The number of thiophene rings is 1. The number of hydrogen-bond acceptors (Lipinski definition) is 3. The number of nitrogens with two attached hydrogens (primary N) is 1. The van der Waals surface area contributed by atoms with Gasteiger partial charge in [-0.15, -0.1) is 11.3 Å². The summed E-state index contributed by atoms with van der Waals surface area (Å²) >= 11 is 5.12. The van der Waals surface area contributed by atoms with Gasteiger partial charge in [0, 0.05) is 12.1 Å². The minimum absolute atomic E-state index is 0.641. The maximum Gasteiger partial charge on any atom is 0.101 e. The minimum atomic E-state index is 0.641. The maximum absolute atomic E-state index is 5.52. The SMILES string of the molecule is NCCc1[nH]cnc1-c1ccc(Br)s1. The maximum atomic E-state index is 5.52. The van der Waals surface area contributed by atoms with Gasteiger partial charge in [-0.05, 0) is 34.6 Å². The molecule has 0 saturated carbocycles. The van der Waals surface area contributed by atoms with Crippen molar-refractivity contribution in [1.82, 2.24) is 9.97 Å². The van der Waals surface area contributed by atoms with Gasteiger partial charge in [0.25, 0.3) is 0 Å². The van der Waals surface area contributed by atoms with Gasteiger partial charge in [0.05, 0.1) is 15.0 Å². The van der Waals surface area contributed by atoms with Gasteiger partial charge in [-0.1, -0.05) is 0 Å². The number of hydrogen-bond donors (Lipinski definition) is 2. The van der Waals surface area contributed by atoms with Gasteiger partial charge in [0.1, 0.15) is 5.69 Å². The largest absolute Gasteiger partial charge is 0.348 e. The molecule has 0 radical (unpaired) electrons. The molecule has 0 fully saturated rings. The van der Waals surface area contributed by atoms with Crippen LogP contribution in [0.3, 0.4) is 0 Å². The molecule has 2 aromatic rings. The lowest BCUT2D eigenvalue weighted by Crippen LogP contribution is -2.03. The highest BCUT2D eigenvalue weighted by Crippen LogP contribution is 2.31. The molecule has 0 spiro atoms. The summed E-state index contributed by atoms with van der Waals surface area (Å²) < 4.78 is 1.12. The van der Waals surface area contributed by atoms with E-state index in [0.29, 0.717) is 6.54 Å². The topological polar surface area (TPSA) is 54.7 Å². The van der Waals surface area contributed by atoms with Crippen molar-refractivity contribution in [3.63, 3.8) is 0 Å². The number of aromatic amines is 1. The van der Waals surface area contributed by atoms with Gasteiger partial charge in [-0.3, -0.25) is 0 Å². The second-order valence-electron chi connectivity index (χ2n) is 2.87. The normalized spacial score (nSPS) is 10.7. The molecule has 2 heterocycles. The summed E-state index contributed by atoms with van der Waals surface area (Å²) in [6.45, 7) is 0.641. The van der Waals surface area contributed by atoms with Gasteiger partial charge in [-0.2, -0.15) is 0 Å². The Kier molecular flexibility index (Phi) is 3.00. The van der Waals surface area contributed by atoms with Crippen molar-refractivity contribution in [3.8, 4) is 10.6 Å². The molecule has 5 heteroatoms. The molecule has 0 aliphatic rings. The molecule has 3 nitrogen and oxygen atoms in total. The predicted octanol–water partition coefficient (Wildman–Crippen LogP) is 2.40. The van der Waals surface area contributed by atoms with Gasteiger partial charge in [0.2, 0.25) is 0 Å². The number of imidazole rings is 1. The van der Waals surface area contributed by atoms with Crippen molar-refractivity contribution >= 4 is 27.3 Å². The van der Waals surface area contributed by atoms with Crippen molar-refractivity contribution in [2.75, 3.05) is 6.54 Å². The number of halogens is 1. The summed E-state index contributed by atoms with van der Waals surface area (Å²) in [5.74, 6) is 0. The molecular formula is C9H10BrN3S. The Balaban J connectivity index is 2.36. The quantitative estimate of drug-likeness (QED) is 0.901. The van der Waals surface area contributed by atoms with Gasteiger partial charge < -0.3 is 10.7 Å². The third-order valence-electron chi connectivity index (χ3n) is 1.92. The second-order valence-corrected chi connectivity index (χ2v) is 5.34. The average molecular weight is 272 g/mol. The molecule has 0 aliphatic heterocycles. The van der Waals surface area contributed by atoms with Crippen LogP contribution in [0.2, 0.25) is 0 Å². The summed E-state index contributed by atoms with van der Waals surface area (Å²) in [5, 5.41) is 0. The van der Waals surface area contributed by atoms with E-state index in [2.05, 4.69) is 32.0 Å². The van der Waals surface area contributed by atoms with E-state index in [4.69, 9.17) is 5.73 Å². The molecular weight excluding hydrogens is 262 g/mol. The first kappa shape index (κ1) is 9.89. The van der Waals surface area contributed by atoms with Crippen molar-refractivity contribution in [2.45, 2.75) is 6.42 Å². The monoisotopic (exact) mass is 271 g/mol. The van der Waals surface area contributed by atoms with E-state index in [9.17, 15) is 0 Å². The van der Waals surface area contributed by atoms with Crippen molar-refractivity contribution in [3.05, 3.63) is 27.9 Å². The highest BCUT2D eigenvalue weighted by atomic mass is 79.9. The average Bonchev–Trinajstić information content (AvgIpc) is 2.74. The zero-order valence-corrected chi connectivity index (χ0v) is 9.86. The van der Waals surface area contributed by atoms with Crippen LogP contribution in [0.4, 0.5) is 0 Å². The summed E-state index contributed by atoms with van der Waals surface area (Å²) in [6.07, 6.45) is 2.55. The summed E-state index contributed by atoms with van der Waals surface area (Å²) in [7, 11) is 0. The molecule has 0 aliphatic carbocycles. The van der Waals surface area contributed by atoms with Gasteiger partial charge in [-0.25, -0.2) is 4.98 Å². The van der Waals surface area contributed by atoms with E-state index in [0.717, 1.165) is 21.6 Å². The van der Waals surface area contributed by atoms with Crippen LogP contribution in [0.25, 0.3) is 10.6 Å². The zero-order chi connectivity index (χ0) is 9.97. The molecule has 0 unspecified atom stereocenters. The number of H-pyrrole nitrogens is 1. The Hall–Kier alpha value is -0.650. The summed E-state index contributed by atoms with van der Waals surface area (Å²) in [4.78, 5) is 8.58. The molecule has 14 heavy (non-hydrogen) atoms. The van der Waals surface area contributed by atoms with E-state index in [1.54, 1.807) is 17.7 Å². The van der Waals surface area contributed by atoms with Crippen molar-refractivity contribution in [2.24, 2.45) is 5.73 Å². The van der Waals surface area contributed by atoms with Crippen LogP contribution in [0, 0.1) is 0 Å². The first-order valence-corrected chi connectivity index (χ1v) is 5.90. The molecule has 0 aromatic carbocycles. The Bertz CT molecular complexity index is 421. The Morgan fingerprint density at radius 2 is 2.36 bits per heavy atom. The van der Waals surface area contributed by atoms with Crippen molar-refractivity contribution < 1.29 is 0 Å². The van der Waals surface area contributed by atoms with Crippen LogP contribution in [-0.2, 0) is 6.42 Å². The van der Waals surface area contributed by atoms with Crippen LogP contribution in [0.5, 0.6) is 0 Å². The number of nitrogens with zero attached hydrogens (tertiary/aromatic N) is 1. The van der Waals surface area contributed by atoms with Crippen LogP contribution < -0.4 is 5.73 Å². The van der Waals surface area contributed by atoms with Crippen LogP contribution in [0.15, 0.2) is 22.2 Å². The highest BCUT2D eigenvalue weighted by molar-refractivity contribution is 9.11. The number of nitrogens with one attached hydrogen (secondary N) is 1. The molecule has 0 amide bonds. The van der Waals surface area contributed by atoms with E-state index in [1.807, 2.05) is 6.07 Å². The molecule has 2 aromatic heterocycles. The lowest BCUT2D eigenvalue weighted by molar-refractivity contribution is 0.937. The van der Waals surface area contributed by atoms with E-state index >= 15 is 0 Å². The fourth-order valence-electron chi connectivity index (χ4n) is 1.31. The van der Waals surface area contributed by atoms with Crippen LogP contribution in [-0.4, -0.2) is 16.5 Å². The van der Waals surface area contributed by atoms with E-state index < -0.39 is 0 Å². The molecule has 74 valence electrons. The minimum Gasteiger partial charge on any atom is -0.348 e. The third-order valence-corrected chi connectivity index (χ3v) is 3.55. The van der Waals surface area contributed by atoms with Crippen LogP contribution in [0.1, 0.15) is 5.69 Å². The Labute approximate surface area is 94.5 Å². The fraction of sp³-hybridized carbons (Fsp3) is 0.222.